The van der Waals surface area contributed by atoms with Gasteiger partial charge in [0.15, 0.2) is 11.5 Å². The fourth-order valence-electron chi connectivity index (χ4n) is 3.75. The summed E-state index contributed by atoms with van der Waals surface area (Å²) in [5.41, 5.74) is 1.69. The molecule has 1 heterocycles. The molecule has 1 aliphatic rings. The van der Waals surface area contributed by atoms with Gasteiger partial charge in [-0.2, -0.15) is 0 Å². The summed E-state index contributed by atoms with van der Waals surface area (Å²) in [6.45, 7) is 1.24. The monoisotopic (exact) mass is 396 g/mol. The molecule has 0 saturated carbocycles. The molecule has 1 fully saturated rings. The first-order chi connectivity index (χ1) is 14.1. The number of likely N-dealkylation sites (tertiary alicyclic amines) is 1. The van der Waals surface area contributed by atoms with E-state index in [1.165, 1.54) is 0 Å². The van der Waals surface area contributed by atoms with E-state index in [1.54, 1.807) is 26.4 Å². The highest BCUT2D eigenvalue weighted by Gasteiger charge is 2.30. The summed E-state index contributed by atoms with van der Waals surface area (Å²) in [4.78, 5) is 26.8. The fraction of sp³-hybridized carbons (Fsp3) is 0.391. The van der Waals surface area contributed by atoms with Gasteiger partial charge in [0.25, 0.3) is 5.91 Å². The molecule has 0 spiro atoms. The largest absolute Gasteiger partial charge is 0.493 e. The van der Waals surface area contributed by atoms with E-state index in [2.05, 4.69) is 5.32 Å². The van der Waals surface area contributed by atoms with Gasteiger partial charge < -0.3 is 19.7 Å². The van der Waals surface area contributed by atoms with E-state index in [0.29, 0.717) is 36.4 Å². The van der Waals surface area contributed by atoms with Crippen molar-refractivity contribution in [2.45, 2.75) is 31.7 Å². The van der Waals surface area contributed by atoms with E-state index in [-0.39, 0.29) is 17.9 Å². The molecule has 2 aromatic carbocycles. The van der Waals surface area contributed by atoms with Gasteiger partial charge in [-0.1, -0.05) is 24.3 Å². The minimum atomic E-state index is -0.109. The third-order valence-electron chi connectivity index (χ3n) is 5.25. The Morgan fingerprint density at radius 2 is 1.83 bits per heavy atom. The third-order valence-corrected chi connectivity index (χ3v) is 5.25. The Morgan fingerprint density at radius 1 is 1.07 bits per heavy atom. The van der Waals surface area contributed by atoms with Gasteiger partial charge in [0, 0.05) is 25.1 Å². The van der Waals surface area contributed by atoms with Crippen LogP contribution in [0.4, 0.5) is 0 Å². The molecule has 0 radical (unpaired) electrons. The molecule has 6 heteroatoms. The van der Waals surface area contributed by atoms with Gasteiger partial charge in [0.1, 0.15) is 0 Å². The van der Waals surface area contributed by atoms with Crippen LogP contribution in [0.5, 0.6) is 11.5 Å². The average Bonchev–Trinajstić information content (AvgIpc) is 3.26. The van der Waals surface area contributed by atoms with Crippen LogP contribution in [-0.4, -0.2) is 44.0 Å². The van der Waals surface area contributed by atoms with Crippen molar-refractivity contribution in [3.05, 3.63) is 59.7 Å². The maximum atomic E-state index is 12.8. The molecule has 2 amide bonds. The summed E-state index contributed by atoms with van der Waals surface area (Å²) in [5, 5.41) is 2.88. The van der Waals surface area contributed by atoms with E-state index >= 15 is 0 Å². The number of benzene rings is 2. The molecule has 154 valence electrons. The first-order valence-electron chi connectivity index (χ1n) is 9.98. The number of hydrogen-bond acceptors (Lipinski definition) is 4. The van der Waals surface area contributed by atoms with Crippen molar-refractivity contribution in [2.24, 2.45) is 0 Å². The van der Waals surface area contributed by atoms with Crippen molar-refractivity contribution in [1.29, 1.82) is 0 Å². The van der Waals surface area contributed by atoms with E-state index in [0.717, 1.165) is 24.9 Å². The lowest BCUT2D eigenvalue weighted by molar-refractivity contribution is -0.132. The van der Waals surface area contributed by atoms with Gasteiger partial charge in [-0.3, -0.25) is 9.59 Å². The van der Waals surface area contributed by atoms with E-state index in [4.69, 9.17) is 9.47 Å². The third kappa shape index (κ3) is 5.08. The number of carbonyl (C=O) groups excluding carboxylic acids is 2. The van der Waals surface area contributed by atoms with Crippen LogP contribution in [0.25, 0.3) is 0 Å². The van der Waals surface area contributed by atoms with Crippen LogP contribution >= 0.6 is 0 Å². The summed E-state index contributed by atoms with van der Waals surface area (Å²) in [5.74, 6) is 1.37. The van der Waals surface area contributed by atoms with Crippen LogP contribution in [0.1, 0.15) is 47.6 Å². The molecule has 1 unspecified atom stereocenters. The Balaban J connectivity index is 1.53. The summed E-state index contributed by atoms with van der Waals surface area (Å²) >= 11 is 0. The number of nitrogens with one attached hydrogen (secondary N) is 1. The maximum absolute atomic E-state index is 12.8. The second kappa shape index (κ2) is 9.96. The second-order valence-corrected chi connectivity index (χ2v) is 7.09. The average molecular weight is 396 g/mol. The summed E-state index contributed by atoms with van der Waals surface area (Å²) in [6, 6.07) is 15.0. The minimum Gasteiger partial charge on any atom is -0.493 e. The van der Waals surface area contributed by atoms with Crippen LogP contribution in [0.3, 0.4) is 0 Å². The number of amides is 2. The lowest BCUT2D eigenvalue weighted by Crippen LogP contribution is -2.31. The number of hydrogen-bond donors (Lipinski definition) is 1. The molecular formula is C23H28N2O4. The molecule has 0 aromatic heterocycles. The predicted octanol–water partition coefficient (Wildman–Crippen LogP) is 3.58. The van der Waals surface area contributed by atoms with Crippen molar-refractivity contribution >= 4 is 11.8 Å². The zero-order valence-electron chi connectivity index (χ0n) is 17.0. The zero-order valence-corrected chi connectivity index (χ0v) is 17.0. The Hall–Kier alpha value is -3.02. The summed E-state index contributed by atoms with van der Waals surface area (Å²) in [6.07, 6.45) is 2.95. The van der Waals surface area contributed by atoms with Crippen LogP contribution in [0, 0.1) is 0 Å². The summed E-state index contributed by atoms with van der Waals surface area (Å²) < 4.78 is 10.7. The highest BCUT2D eigenvalue weighted by Crippen LogP contribution is 2.37. The molecule has 1 aliphatic heterocycles. The lowest BCUT2D eigenvalue weighted by atomic mass is 10.0. The van der Waals surface area contributed by atoms with Gasteiger partial charge in [0.2, 0.25) is 5.91 Å². The SMILES string of the molecule is COc1ccc(C2CCCN2C(=O)CCCNC(=O)c2ccccc2)cc1OC. The van der Waals surface area contributed by atoms with E-state index in [9.17, 15) is 9.59 Å². The minimum absolute atomic E-state index is 0.0567. The Bertz CT molecular complexity index is 838. The molecule has 1 atom stereocenters. The molecule has 29 heavy (non-hydrogen) atoms. The number of nitrogens with zero attached hydrogens (tertiary/aromatic N) is 1. The van der Waals surface area contributed by atoms with Crippen LogP contribution in [0.2, 0.25) is 0 Å². The summed E-state index contributed by atoms with van der Waals surface area (Å²) in [7, 11) is 3.22. The quantitative estimate of drug-likeness (QED) is 0.693. The van der Waals surface area contributed by atoms with Gasteiger partial charge in [-0.15, -0.1) is 0 Å². The molecule has 1 saturated heterocycles. The predicted molar refractivity (Wildman–Crippen MR) is 111 cm³/mol. The highest BCUT2D eigenvalue weighted by atomic mass is 16.5. The van der Waals surface area contributed by atoms with Crippen molar-refractivity contribution in [3.63, 3.8) is 0 Å². The molecule has 3 rings (SSSR count). The molecule has 2 aromatic rings. The van der Waals surface area contributed by atoms with Gasteiger partial charge in [-0.05, 0) is 49.1 Å². The topological polar surface area (TPSA) is 67.9 Å². The molecule has 0 bridgehead atoms. The van der Waals surface area contributed by atoms with Crippen molar-refractivity contribution < 1.29 is 19.1 Å². The molecule has 1 N–H and O–H groups in total. The first kappa shape index (κ1) is 20.7. The zero-order chi connectivity index (χ0) is 20.6. The fourth-order valence-corrected chi connectivity index (χ4v) is 3.75. The lowest BCUT2D eigenvalue weighted by Gasteiger charge is -2.26. The Labute approximate surface area is 171 Å². The molecular weight excluding hydrogens is 368 g/mol. The van der Waals surface area contributed by atoms with Crippen molar-refractivity contribution in [2.75, 3.05) is 27.3 Å². The van der Waals surface area contributed by atoms with Gasteiger partial charge >= 0.3 is 0 Å². The number of rotatable bonds is 8. The van der Waals surface area contributed by atoms with E-state index < -0.39 is 0 Å². The first-order valence-corrected chi connectivity index (χ1v) is 9.98. The number of carbonyl (C=O) groups is 2. The van der Waals surface area contributed by atoms with Crippen LogP contribution in [-0.2, 0) is 4.79 Å². The second-order valence-electron chi connectivity index (χ2n) is 7.09. The number of methoxy groups -OCH3 is 2. The van der Waals surface area contributed by atoms with Crippen molar-refractivity contribution in [1.82, 2.24) is 10.2 Å². The smallest absolute Gasteiger partial charge is 0.251 e. The maximum Gasteiger partial charge on any atom is 0.251 e. The van der Waals surface area contributed by atoms with Crippen LogP contribution in [0.15, 0.2) is 48.5 Å². The van der Waals surface area contributed by atoms with Gasteiger partial charge in [0.05, 0.1) is 20.3 Å². The normalized spacial score (nSPS) is 15.8. The van der Waals surface area contributed by atoms with E-state index in [1.807, 2.05) is 41.3 Å². The molecule has 0 aliphatic carbocycles. The van der Waals surface area contributed by atoms with Gasteiger partial charge in [-0.25, -0.2) is 0 Å². The van der Waals surface area contributed by atoms with Crippen molar-refractivity contribution in [3.8, 4) is 11.5 Å². The number of ether oxygens (including phenoxy) is 2. The van der Waals surface area contributed by atoms with Crippen LogP contribution < -0.4 is 14.8 Å². The molecule has 6 nitrogen and oxygen atoms in total. The Kier molecular flexibility index (Phi) is 7.11. The standard InChI is InChI=1S/C23H28N2O4/c1-28-20-13-12-18(16-21(20)29-2)19-10-7-15-25(19)22(26)11-6-14-24-23(27)17-8-4-3-5-9-17/h3-5,8-9,12-13,16,19H,6-7,10-11,14-15H2,1-2H3,(H,24,27). The Morgan fingerprint density at radius 3 is 2.55 bits per heavy atom. The highest BCUT2D eigenvalue weighted by molar-refractivity contribution is 5.94.